The summed E-state index contributed by atoms with van der Waals surface area (Å²) in [6.07, 6.45) is 1.96. The smallest absolute Gasteiger partial charge is 0.251 e. The molecule has 6 nitrogen and oxygen atoms in total. The Balaban J connectivity index is 2.01. The highest BCUT2D eigenvalue weighted by Crippen LogP contribution is 2.11. The first-order chi connectivity index (χ1) is 12.7. The number of nitrogens with one attached hydrogen (secondary N) is 2. The Morgan fingerprint density at radius 3 is 2.26 bits per heavy atom. The summed E-state index contributed by atoms with van der Waals surface area (Å²) in [5, 5.41) is 5.68. The first-order valence-electron chi connectivity index (χ1n) is 8.69. The van der Waals surface area contributed by atoms with Gasteiger partial charge in [0.1, 0.15) is 0 Å². The SMILES string of the molecule is CCC(C)NC(=O)c1cccc(CNC(=O)c2ccc(S(C)(=O)=O)cc2)c1. The molecule has 0 heterocycles. The van der Waals surface area contributed by atoms with Gasteiger partial charge in [-0.25, -0.2) is 8.42 Å². The molecule has 2 N–H and O–H groups in total. The molecule has 27 heavy (non-hydrogen) atoms. The lowest BCUT2D eigenvalue weighted by molar-refractivity contribution is 0.0936. The van der Waals surface area contributed by atoms with Gasteiger partial charge < -0.3 is 10.6 Å². The molecule has 2 rings (SSSR count). The fraction of sp³-hybridized carbons (Fsp3) is 0.300. The van der Waals surface area contributed by atoms with Gasteiger partial charge in [-0.3, -0.25) is 9.59 Å². The van der Waals surface area contributed by atoms with Gasteiger partial charge in [0.15, 0.2) is 9.84 Å². The largest absolute Gasteiger partial charge is 0.350 e. The first kappa shape index (κ1) is 20.6. The van der Waals surface area contributed by atoms with Crippen LogP contribution in [-0.2, 0) is 16.4 Å². The summed E-state index contributed by atoms with van der Waals surface area (Å²) in [6, 6.07) is 12.9. The van der Waals surface area contributed by atoms with Gasteiger partial charge >= 0.3 is 0 Å². The third kappa shape index (κ3) is 5.92. The van der Waals surface area contributed by atoms with Crippen LogP contribution in [0.1, 0.15) is 46.5 Å². The topological polar surface area (TPSA) is 92.3 Å². The molecule has 7 heteroatoms. The molecule has 0 aliphatic rings. The zero-order chi connectivity index (χ0) is 20.0. The highest BCUT2D eigenvalue weighted by molar-refractivity contribution is 7.90. The van der Waals surface area contributed by atoms with Gasteiger partial charge in [-0.1, -0.05) is 19.1 Å². The van der Waals surface area contributed by atoms with Gasteiger partial charge in [-0.2, -0.15) is 0 Å². The molecule has 0 saturated heterocycles. The van der Waals surface area contributed by atoms with Crippen molar-refractivity contribution in [1.29, 1.82) is 0 Å². The number of amides is 2. The van der Waals surface area contributed by atoms with E-state index in [9.17, 15) is 18.0 Å². The summed E-state index contributed by atoms with van der Waals surface area (Å²) in [5.41, 5.74) is 1.71. The van der Waals surface area contributed by atoms with Crippen molar-refractivity contribution in [3.05, 3.63) is 65.2 Å². The molecule has 0 bridgehead atoms. The van der Waals surface area contributed by atoms with Crippen molar-refractivity contribution in [2.45, 2.75) is 37.8 Å². The minimum absolute atomic E-state index is 0.0933. The van der Waals surface area contributed by atoms with Gasteiger partial charge in [0.05, 0.1) is 4.90 Å². The van der Waals surface area contributed by atoms with E-state index in [0.29, 0.717) is 11.1 Å². The second-order valence-electron chi connectivity index (χ2n) is 6.46. The van der Waals surface area contributed by atoms with Crippen LogP contribution in [0.2, 0.25) is 0 Å². The molecule has 0 saturated carbocycles. The van der Waals surface area contributed by atoms with E-state index in [4.69, 9.17) is 0 Å². The molecule has 0 aromatic heterocycles. The second-order valence-corrected chi connectivity index (χ2v) is 8.48. The van der Waals surface area contributed by atoms with Crippen LogP contribution in [0.15, 0.2) is 53.4 Å². The molecule has 0 spiro atoms. The van der Waals surface area contributed by atoms with Crippen molar-refractivity contribution in [2.24, 2.45) is 0 Å². The van der Waals surface area contributed by atoms with E-state index in [2.05, 4.69) is 10.6 Å². The van der Waals surface area contributed by atoms with Crippen LogP contribution < -0.4 is 10.6 Å². The summed E-state index contributed by atoms with van der Waals surface area (Å²) in [5.74, 6) is -0.460. The molecule has 2 amide bonds. The predicted octanol–water partition coefficient (Wildman–Crippen LogP) is 2.55. The van der Waals surface area contributed by atoms with Gasteiger partial charge in [-0.15, -0.1) is 0 Å². The maximum atomic E-state index is 12.2. The van der Waals surface area contributed by atoms with Crippen molar-refractivity contribution in [3.8, 4) is 0 Å². The van der Waals surface area contributed by atoms with Gasteiger partial charge in [-0.05, 0) is 55.3 Å². The Bertz CT molecular complexity index is 921. The molecule has 1 atom stereocenters. The lowest BCUT2D eigenvalue weighted by atomic mass is 10.1. The Morgan fingerprint density at radius 1 is 1.00 bits per heavy atom. The van der Waals surface area contributed by atoms with Crippen LogP contribution in [0.25, 0.3) is 0 Å². The highest BCUT2D eigenvalue weighted by Gasteiger charge is 2.11. The molecule has 0 fully saturated rings. The van der Waals surface area contributed by atoms with Crippen LogP contribution >= 0.6 is 0 Å². The van der Waals surface area contributed by atoms with Gasteiger partial charge in [0, 0.05) is 30.0 Å². The van der Waals surface area contributed by atoms with Gasteiger partial charge in [0.2, 0.25) is 0 Å². The zero-order valence-electron chi connectivity index (χ0n) is 15.7. The van der Waals surface area contributed by atoms with Crippen molar-refractivity contribution in [3.63, 3.8) is 0 Å². The number of sulfone groups is 1. The summed E-state index contributed by atoms with van der Waals surface area (Å²) in [4.78, 5) is 24.6. The summed E-state index contributed by atoms with van der Waals surface area (Å²) in [6.45, 7) is 4.20. The standard InChI is InChI=1S/C20H24N2O4S/c1-4-14(2)22-20(24)17-7-5-6-15(12-17)13-21-19(23)16-8-10-18(11-9-16)27(3,25)26/h5-12,14H,4,13H2,1-3H3,(H,21,23)(H,22,24). The molecule has 0 aliphatic carbocycles. The highest BCUT2D eigenvalue weighted by atomic mass is 32.2. The fourth-order valence-corrected chi connectivity index (χ4v) is 3.00. The molecule has 0 aliphatic heterocycles. The molecule has 1 unspecified atom stereocenters. The fourth-order valence-electron chi connectivity index (χ4n) is 2.37. The van der Waals surface area contributed by atoms with E-state index in [1.54, 1.807) is 18.2 Å². The van der Waals surface area contributed by atoms with Crippen molar-refractivity contribution < 1.29 is 18.0 Å². The maximum absolute atomic E-state index is 12.2. The van der Waals surface area contributed by atoms with Crippen molar-refractivity contribution in [2.75, 3.05) is 6.26 Å². The first-order valence-corrected chi connectivity index (χ1v) is 10.6. The maximum Gasteiger partial charge on any atom is 0.251 e. The predicted molar refractivity (Wildman–Crippen MR) is 104 cm³/mol. The number of rotatable bonds is 7. The second kappa shape index (κ2) is 8.81. The monoisotopic (exact) mass is 388 g/mol. The third-order valence-corrected chi connectivity index (χ3v) is 5.31. The normalized spacial score (nSPS) is 12.3. The summed E-state index contributed by atoms with van der Waals surface area (Å²) >= 11 is 0. The Hall–Kier alpha value is -2.67. The Morgan fingerprint density at radius 2 is 1.67 bits per heavy atom. The van der Waals surface area contributed by atoms with Crippen molar-refractivity contribution in [1.82, 2.24) is 10.6 Å². The van der Waals surface area contributed by atoms with Crippen molar-refractivity contribution >= 4 is 21.7 Å². The Kier molecular flexibility index (Phi) is 6.74. The summed E-state index contributed by atoms with van der Waals surface area (Å²) < 4.78 is 22.9. The van der Waals surface area contributed by atoms with Crippen LogP contribution in [0, 0.1) is 0 Å². The zero-order valence-corrected chi connectivity index (χ0v) is 16.5. The van der Waals surface area contributed by atoms with Crippen LogP contribution in [0.5, 0.6) is 0 Å². The van der Waals surface area contributed by atoms with E-state index in [1.807, 2.05) is 19.9 Å². The van der Waals surface area contributed by atoms with E-state index in [0.717, 1.165) is 18.2 Å². The van der Waals surface area contributed by atoms with E-state index < -0.39 is 9.84 Å². The number of hydrogen-bond donors (Lipinski definition) is 2. The lowest BCUT2D eigenvalue weighted by Gasteiger charge is -2.12. The van der Waals surface area contributed by atoms with Gasteiger partial charge in [0.25, 0.3) is 11.8 Å². The summed E-state index contributed by atoms with van der Waals surface area (Å²) in [7, 11) is -3.29. The lowest BCUT2D eigenvalue weighted by Crippen LogP contribution is -2.32. The van der Waals surface area contributed by atoms with E-state index >= 15 is 0 Å². The number of benzene rings is 2. The van der Waals surface area contributed by atoms with Crippen LogP contribution in [0.4, 0.5) is 0 Å². The minimum Gasteiger partial charge on any atom is -0.350 e. The third-order valence-electron chi connectivity index (χ3n) is 4.18. The van der Waals surface area contributed by atoms with Crippen LogP contribution in [0.3, 0.4) is 0 Å². The van der Waals surface area contributed by atoms with Crippen LogP contribution in [-0.4, -0.2) is 32.5 Å². The average molecular weight is 388 g/mol. The average Bonchev–Trinajstić information content (AvgIpc) is 2.65. The number of carbonyl (C=O) groups is 2. The molecule has 2 aromatic rings. The molecular weight excluding hydrogens is 364 g/mol. The molecule has 144 valence electrons. The number of carbonyl (C=O) groups excluding carboxylic acids is 2. The molecular formula is C20H24N2O4S. The quantitative estimate of drug-likeness (QED) is 0.762. The number of hydrogen-bond acceptors (Lipinski definition) is 4. The Labute approximate surface area is 159 Å². The minimum atomic E-state index is -3.29. The molecule has 2 aromatic carbocycles. The molecule has 0 radical (unpaired) electrons. The van der Waals surface area contributed by atoms with E-state index in [1.165, 1.54) is 24.3 Å². The van der Waals surface area contributed by atoms with E-state index in [-0.39, 0.29) is 29.3 Å².